The molecule has 0 aliphatic heterocycles. The Morgan fingerprint density at radius 3 is 2.29 bits per heavy atom. The largest absolute Gasteiger partial charge is 0.317 e. The van der Waals surface area contributed by atoms with Crippen LogP contribution in [0, 0.1) is 0 Å². The Balaban J connectivity index is 2.38. The molecule has 1 aromatic carbocycles. The fourth-order valence-corrected chi connectivity index (χ4v) is 3.19. The highest BCUT2D eigenvalue weighted by atomic mass is 32.2. The van der Waals surface area contributed by atoms with Crippen molar-refractivity contribution in [1.29, 1.82) is 0 Å². The van der Waals surface area contributed by atoms with Crippen molar-refractivity contribution in [3.63, 3.8) is 0 Å². The summed E-state index contributed by atoms with van der Waals surface area (Å²) in [5.41, 5.74) is 1.85. The van der Waals surface area contributed by atoms with Crippen LogP contribution in [0.1, 0.15) is 51.5 Å². The molecule has 1 rings (SSSR count). The number of benzene rings is 1. The van der Waals surface area contributed by atoms with E-state index in [0.717, 1.165) is 25.9 Å². The minimum atomic E-state index is -3.24. The number of rotatable bonds is 10. The van der Waals surface area contributed by atoms with Gasteiger partial charge < -0.3 is 5.32 Å². The normalized spacial score (nSPS) is 11.8. The second-order valence-corrected chi connectivity index (χ2v) is 7.50. The Hall–Kier alpha value is -1.07. The number of hydrogen-bond donors (Lipinski definition) is 2. The molecule has 5 heteroatoms. The standard InChI is InChI=1S/C16H28N2O2S/c1-4-11-17-12-5-6-13-21(19,20)18-16-9-7-15(8-10-16)14(2)3/h7-10,14,17-18H,4-6,11-13H2,1-3H3. The summed E-state index contributed by atoms with van der Waals surface area (Å²) >= 11 is 0. The number of hydrogen-bond acceptors (Lipinski definition) is 3. The molecule has 0 aromatic heterocycles. The van der Waals surface area contributed by atoms with Crippen LogP contribution in [0.15, 0.2) is 24.3 Å². The molecular formula is C16H28N2O2S. The smallest absolute Gasteiger partial charge is 0.232 e. The van der Waals surface area contributed by atoms with Gasteiger partial charge in [0.1, 0.15) is 0 Å². The molecule has 21 heavy (non-hydrogen) atoms. The van der Waals surface area contributed by atoms with Crippen LogP contribution in [-0.2, 0) is 10.0 Å². The average Bonchev–Trinajstić information content (AvgIpc) is 2.43. The summed E-state index contributed by atoms with van der Waals surface area (Å²) in [6.07, 6.45) is 2.66. The van der Waals surface area contributed by atoms with Gasteiger partial charge in [-0.05, 0) is 56.0 Å². The van der Waals surface area contributed by atoms with Gasteiger partial charge in [0.05, 0.1) is 5.75 Å². The van der Waals surface area contributed by atoms with Gasteiger partial charge in [0.2, 0.25) is 10.0 Å². The fraction of sp³-hybridized carbons (Fsp3) is 0.625. The van der Waals surface area contributed by atoms with Crippen LogP contribution in [0.5, 0.6) is 0 Å². The van der Waals surface area contributed by atoms with Gasteiger partial charge in [-0.1, -0.05) is 32.9 Å². The van der Waals surface area contributed by atoms with Crippen LogP contribution in [0.2, 0.25) is 0 Å². The Morgan fingerprint density at radius 1 is 1.05 bits per heavy atom. The van der Waals surface area contributed by atoms with Crippen molar-refractivity contribution < 1.29 is 8.42 Å². The molecule has 0 spiro atoms. The Labute approximate surface area is 129 Å². The van der Waals surface area contributed by atoms with Crippen molar-refractivity contribution in [2.45, 2.75) is 46.0 Å². The van der Waals surface area contributed by atoms with Gasteiger partial charge in [0.25, 0.3) is 0 Å². The SMILES string of the molecule is CCCNCCCCS(=O)(=O)Nc1ccc(C(C)C)cc1. The zero-order chi connectivity index (χ0) is 15.7. The van der Waals surface area contributed by atoms with Gasteiger partial charge in [0, 0.05) is 5.69 Å². The van der Waals surface area contributed by atoms with Gasteiger partial charge in [-0.3, -0.25) is 4.72 Å². The van der Waals surface area contributed by atoms with E-state index in [-0.39, 0.29) is 5.75 Å². The highest BCUT2D eigenvalue weighted by Crippen LogP contribution is 2.18. The second-order valence-electron chi connectivity index (χ2n) is 5.65. The number of sulfonamides is 1. The molecule has 0 bridgehead atoms. The van der Waals surface area contributed by atoms with E-state index in [1.165, 1.54) is 5.56 Å². The minimum absolute atomic E-state index is 0.173. The maximum Gasteiger partial charge on any atom is 0.232 e. The van der Waals surface area contributed by atoms with Crippen molar-refractivity contribution in [2.24, 2.45) is 0 Å². The summed E-state index contributed by atoms with van der Waals surface area (Å²) in [6.45, 7) is 8.23. The van der Waals surface area contributed by atoms with E-state index in [9.17, 15) is 8.42 Å². The summed E-state index contributed by atoms with van der Waals surface area (Å²) in [5, 5.41) is 3.27. The van der Waals surface area contributed by atoms with E-state index >= 15 is 0 Å². The molecular weight excluding hydrogens is 284 g/mol. The molecule has 0 saturated heterocycles. The lowest BCUT2D eigenvalue weighted by Crippen LogP contribution is -2.19. The third-order valence-electron chi connectivity index (χ3n) is 3.29. The van der Waals surface area contributed by atoms with Crippen LogP contribution < -0.4 is 10.0 Å². The summed E-state index contributed by atoms with van der Waals surface area (Å²) < 4.78 is 26.6. The van der Waals surface area contributed by atoms with Crippen LogP contribution in [-0.4, -0.2) is 27.3 Å². The van der Waals surface area contributed by atoms with E-state index in [1.807, 2.05) is 24.3 Å². The molecule has 0 aliphatic carbocycles. The Kier molecular flexibility index (Phi) is 7.75. The first kappa shape index (κ1) is 18.0. The fourth-order valence-electron chi connectivity index (χ4n) is 2.01. The van der Waals surface area contributed by atoms with E-state index < -0.39 is 10.0 Å². The zero-order valence-electron chi connectivity index (χ0n) is 13.4. The van der Waals surface area contributed by atoms with E-state index in [1.54, 1.807) is 0 Å². The first-order valence-electron chi connectivity index (χ1n) is 7.76. The lowest BCUT2D eigenvalue weighted by atomic mass is 10.0. The van der Waals surface area contributed by atoms with E-state index in [0.29, 0.717) is 18.0 Å². The molecule has 4 nitrogen and oxygen atoms in total. The lowest BCUT2D eigenvalue weighted by molar-refractivity contribution is 0.590. The van der Waals surface area contributed by atoms with Gasteiger partial charge in [0.15, 0.2) is 0 Å². The van der Waals surface area contributed by atoms with Crippen molar-refractivity contribution in [1.82, 2.24) is 5.32 Å². The van der Waals surface area contributed by atoms with Crippen molar-refractivity contribution >= 4 is 15.7 Å². The van der Waals surface area contributed by atoms with Crippen LogP contribution in [0.4, 0.5) is 5.69 Å². The van der Waals surface area contributed by atoms with Gasteiger partial charge in [-0.25, -0.2) is 8.42 Å². The van der Waals surface area contributed by atoms with Crippen LogP contribution in [0.3, 0.4) is 0 Å². The van der Waals surface area contributed by atoms with Crippen molar-refractivity contribution in [2.75, 3.05) is 23.6 Å². The van der Waals surface area contributed by atoms with Crippen molar-refractivity contribution in [3.05, 3.63) is 29.8 Å². The molecule has 0 fully saturated rings. The summed E-state index contributed by atoms with van der Waals surface area (Å²) in [5.74, 6) is 0.624. The third kappa shape index (κ3) is 7.48. The van der Waals surface area contributed by atoms with Crippen molar-refractivity contribution in [3.8, 4) is 0 Å². The molecule has 0 heterocycles. The summed E-state index contributed by atoms with van der Waals surface area (Å²) in [6, 6.07) is 7.60. The second kappa shape index (κ2) is 9.05. The van der Waals surface area contributed by atoms with Gasteiger partial charge in [-0.2, -0.15) is 0 Å². The third-order valence-corrected chi connectivity index (χ3v) is 4.67. The molecule has 0 aliphatic rings. The number of anilines is 1. The molecule has 0 radical (unpaired) electrons. The predicted molar refractivity (Wildman–Crippen MR) is 90.3 cm³/mol. The monoisotopic (exact) mass is 312 g/mol. The van der Waals surface area contributed by atoms with E-state index in [2.05, 4.69) is 30.8 Å². The molecule has 0 atom stereocenters. The summed E-state index contributed by atoms with van der Waals surface area (Å²) in [7, 11) is -3.24. The molecule has 1 aromatic rings. The first-order chi connectivity index (χ1) is 9.94. The van der Waals surface area contributed by atoms with Crippen LogP contribution in [0.25, 0.3) is 0 Å². The highest BCUT2D eigenvalue weighted by molar-refractivity contribution is 7.92. The maximum atomic E-state index is 12.0. The van der Waals surface area contributed by atoms with E-state index in [4.69, 9.17) is 0 Å². The first-order valence-corrected chi connectivity index (χ1v) is 9.41. The lowest BCUT2D eigenvalue weighted by Gasteiger charge is -2.10. The van der Waals surface area contributed by atoms with Gasteiger partial charge in [-0.15, -0.1) is 0 Å². The van der Waals surface area contributed by atoms with Crippen LogP contribution >= 0.6 is 0 Å². The maximum absolute atomic E-state index is 12.0. The molecule has 0 unspecified atom stereocenters. The Bertz CT molecular complexity index is 496. The minimum Gasteiger partial charge on any atom is -0.317 e. The molecule has 0 saturated carbocycles. The average molecular weight is 312 g/mol. The summed E-state index contributed by atoms with van der Waals surface area (Å²) in [4.78, 5) is 0. The highest BCUT2D eigenvalue weighted by Gasteiger charge is 2.10. The molecule has 0 amide bonds. The quantitative estimate of drug-likeness (QED) is 0.652. The molecule has 120 valence electrons. The van der Waals surface area contributed by atoms with Gasteiger partial charge >= 0.3 is 0 Å². The predicted octanol–water partition coefficient (Wildman–Crippen LogP) is 3.33. The number of nitrogens with one attached hydrogen (secondary N) is 2. The molecule has 2 N–H and O–H groups in total. The Morgan fingerprint density at radius 2 is 1.71 bits per heavy atom. The number of unbranched alkanes of at least 4 members (excludes halogenated alkanes) is 1. The zero-order valence-corrected chi connectivity index (χ0v) is 14.2. The topological polar surface area (TPSA) is 58.2 Å².